The molecule has 0 saturated carbocycles. The van der Waals surface area contributed by atoms with E-state index in [0.29, 0.717) is 11.4 Å². The topological polar surface area (TPSA) is 50.9 Å². The molecular formula is C55H57N3O. The third-order valence-electron chi connectivity index (χ3n) is 11.8. The van der Waals surface area contributed by atoms with E-state index in [1.54, 1.807) is 0 Å². The van der Waals surface area contributed by atoms with Gasteiger partial charge in [-0.1, -0.05) is 143 Å². The molecule has 59 heavy (non-hydrogen) atoms. The van der Waals surface area contributed by atoms with Gasteiger partial charge in [0.15, 0.2) is 0 Å². The Labute approximate surface area is 350 Å². The summed E-state index contributed by atoms with van der Waals surface area (Å²) in [7, 11) is 0. The molecule has 0 aliphatic carbocycles. The Morgan fingerprint density at radius 2 is 1.15 bits per heavy atom. The predicted octanol–water partition coefficient (Wildman–Crippen LogP) is 15.0. The van der Waals surface area contributed by atoms with Crippen LogP contribution in [0, 0.1) is 0 Å². The molecule has 0 atom stereocenters. The van der Waals surface area contributed by atoms with Crippen LogP contribution >= 0.6 is 0 Å². The van der Waals surface area contributed by atoms with Gasteiger partial charge in [0.1, 0.15) is 11.6 Å². The van der Waals surface area contributed by atoms with Gasteiger partial charge < -0.3 is 5.11 Å². The summed E-state index contributed by atoms with van der Waals surface area (Å²) in [5.41, 5.74) is 16.0. The first-order valence-corrected chi connectivity index (χ1v) is 21.0. The zero-order valence-corrected chi connectivity index (χ0v) is 36.6. The quantitative estimate of drug-likeness (QED) is 0.183. The van der Waals surface area contributed by atoms with Crippen molar-refractivity contribution < 1.29 is 5.11 Å². The molecule has 0 aliphatic heterocycles. The van der Waals surface area contributed by atoms with Gasteiger partial charge in [0, 0.05) is 28.4 Å². The molecule has 2 aromatic heterocycles. The normalized spacial score (nSPS) is 12.5. The average Bonchev–Trinajstić information content (AvgIpc) is 3.58. The lowest BCUT2D eigenvalue weighted by molar-refractivity contribution is 0.475. The first-order valence-electron chi connectivity index (χ1n) is 21.0. The summed E-state index contributed by atoms with van der Waals surface area (Å²) in [5, 5.41) is 12.8. The minimum absolute atomic E-state index is 0.0104. The molecule has 0 unspecified atom stereocenters. The molecule has 0 saturated heterocycles. The molecule has 0 spiro atoms. The Hall–Kier alpha value is -6.00. The monoisotopic (exact) mass is 775 g/mol. The highest BCUT2D eigenvalue weighted by molar-refractivity contribution is 6.01. The highest BCUT2D eigenvalue weighted by Gasteiger charge is 2.25. The van der Waals surface area contributed by atoms with Crippen molar-refractivity contribution in [3.05, 3.63) is 156 Å². The van der Waals surface area contributed by atoms with Crippen molar-refractivity contribution in [2.45, 2.75) is 98.3 Å². The molecule has 0 radical (unpaired) electrons. The van der Waals surface area contributed by atoms with Crippen molar-refractivity contribution in [1.82, 2.24) is 14.5 Å². The van der Waals surface area contributed by atoms with E-state index >= 15 is 0 Å². The van der Waals surface area contributed by atoms with Crippen molar-refractivity contribution in [1.29, 1.82) is 0 Å². The van der Waals surface area contributed by atoms with Crippen molar-refractivity contribution in [3.8, 4) is 56.2 Å². The van der Waals surface area contributed by atoms with Crippen LogP contribution in [0.4, 0.5) is 0 Å². The number of rotatable bonds is 6. The minimum atomic E-state index is -0.117. The molecule has 4 nitrogen and oxygen atoms in total. The molecule has 4 heteroatoms. The summed E-state index contributed by atoms with van der Waals surface area (Å²) in [6.07, 6.45) is 1.96. The minimum Gasteiger partial charge on any atom is -0.507 e. The van der Waals surface area contributed by atoms with Gasteiger partial charge in [-0.3, -0.25) is 9.55 Å². The first-order chi connectivity index (χ1) is 27.9. The van der Waals surface area contributed by atoms with Crippen LogP contribution < -0.4 is 0 Å². The second-order valence-electron chi connectivity index (χ2n) is 19.6. The van der Waals surface area contributed by atoms with E-state index in [2.05, 4.69) is 196 Å². The number of pyridine rings is 1. The summed E-state index contributed by atoms with van der Waals surface area (Å²) in [6.45, 7) is 24.7. The maximum absolute atomic E-state index is 11.6. The van der Waals surface area contributed by atoms with Gasteiger partial charge >= 0.3 is 0 Å². The molecule has 8 rings (SSSR count). The van der Waals surface area contributed by atoms with Crippen molar-refractivity contribution in [3.63, 3.8) is 0 Å². The third-order valence-corrected chi connectivity index (χ3v) is 11.8. The third kappa shape index (κ3) is 7.58. The number of phenols is 1. The standard InChI is InChI=1S/C55H57N3O/c1-34(2)38-29-44(37-19-15-18-36(28-37)43-30-39(35-16-13-12-14-17-35)31-45-47(55(9,10)11)26-27-56-50(43)45)51-48(32-38)58(42-23-20-40(21-24-42)53(3,4)5)52(57-51)46-33-41(54(6,7)8)22-25-49(46)59/h12-34,59H,1-11H3. The van der Waals surface area contributed by atoms with E-state index < -0.39 is 0 Å². The van der Waals surface area contributed by atoms with Crippen LogP contribution in [-0.4, -0.2) is 19.6 Å². The van der Waals surface area contributed by atoms with E-state index in [4.69, 9.17) is 9.97 Å². The van der Waals surface area contributed by atoms with E-state index in [1.165, 1.54) is 33.2 Å². The number of hydrogen-bond acceptors (Lipinski definition) is 3. The Morgan fingerprint density at radius 1 is 0.525 bits per heavy atom. The number of fused-ring (bicyclic) bond motifs is 2. The fourth-order valence-corrected chi connectivity index (χ4v) is 8.27. The van der Waals surface area contributed by atoms with Gasteiger partial charge in [-0.25, -0.2) is 4.98 Å². The average molecular weight is 776 g/mol. The van der Waals surface area contributed by atoms with Crippen LogP contribution in [0.25, 0.3) is 72.4 Å². The number of benzene rings is 6. The Balaban J connectivity index is 1.41. The number of imidazole rings is 1. The highest BCUT2D eigenvalue weighted by atomic mass is 16.3. The Bertz CT molecular complexity index is 2840. The van der Waals surface area contributed by atoms with E-state index in [1.807, 2.05) is 18.3 Å². The number of aromatic hydroxyl groups is 1. The SMILES string of the molecule is CC(C)c1cc(-c2cccc(-c3cc(-c4ccccc4)cc4c(C(C)(C)C)ccnc34)c2)c2nc(-c3cc(C(C)(C)C)ccc3O)n(-c3ccc(C(C)(C)C)cc3)c2c1. The van der Waals surface area contributed by atoms with Gasteiger partial charge in [-0.05, 0) is 127 Å². The number of hydrogen-bond donors (Lipinski definition) is 1. The molecule has 8 aromatic rings. The zero-order chi connectivity index (χ0) is 42.0. The molecule has 0 bridgehead atoms. The molecule has 2 heterocycles. The zero-order valence-electron chi connectivity index (χ0n) is 36.6. The van der Waals surface area contributed by atoms with Crippen LogP contribution in [0.15, 0.2) is 134 Å². The van der Waals surface area contributed by atoms with Gasteiger partial charge in [0.05, 0.1) is 22.1 Å². The Kier molecular flexibility index (Phi) is 9.90. The van der Waals surface area contributed by atoms with Crippen molar-refractivity contribution in [2.75, 3.05) is 0 Å². The maximum atomic E-state index is 11.6. The Morgan fingerprint density at radius 3 is 1.78 bits per heavy atom. The fourth-order valence-electron chi connectivity index (χ4n) is 8.27. The summed E-state index contributed by atoms with van der Waals surface area (Å²) in [4.78, 5) is 10.6. The first kappa shape index (κ1) is 39.8. The van der Waals surface area contributed by atoms with Crippen molar-refractivity contribution >= 4 is 21.9 Å². The van der Waals surface area contributed by atoms with Gasteiger partial charge in [-0.15, -0.1) is 0 Å². The van der Waals surface area contributed by atoms with E-state index in [9.17, 15) is 5.11 Å². The largest absolute Gasteiger partial charge is 0.507 e. The highest BCUT2D eigenvalue weighted by Crippen LogP contribution is 2.43. The lowest BCUT2D eigenvalue weighted by atomic mass is 9.83. The van der Waals surface area contributed by atoms with Gasteiger partial charge in [-0.2, -0.15) is 0 Å². The molecule has 0 amide bonds. The fraction of sp³-hybridized carbons (Fsp3) is 0.273. The smallest absolute Gasteiger partial charge is 0.149 e. The maximum Gasteiger partial charge on any atom is 0.149 e. The summed E-state index contributed by atoms with van der Waals surface area (Å²) in [6, 6.07) is 45.7. The summed E-state index contributed by atoms with van der Waals surface area (Å²) < 4.78 is 2.25. The van der Waals surface area contributed by atoms with Crippen LogP contribution in [-0.2, 0) is 16.2 Å². The molecule has 0 aliphatic rings. The predicted molar refractivity (Wildman–Crippen MR) is 250 cm³/mol. The molecule has 0 fully saturated rings. The summed E-state index contributed by atoms with van der Waals surface area (Å²) in [5.74, 6) is 1.19. The van der Waals surface area contributed by atoms with E-state index in [-0.39, 0.29) is 27.9 Å². The van der Waals surface area contributed by atoms with Crippen LogP contribution in [0.5, 0.6) is 5.75 Å². The molecule has 1 N–H and O–H groups in total. The van der Waals surface area contributed by atoms with Crippen LogP contribution in [0.1, 0.15) is 104 Å². The molecular weight excluding hydrogens is 719 g/mol. The molecule has 298 valence electrons. The van der Waals surface area contributed by atoms with E-state index in [0.717, 1.165) is 50.1 Å². The lowest BCUT2D eigenvalue weighted by Gasteiger charge is -2.22. The second-order valence-corrected chi connectivity index (χ2v) is 19.6. The van der Waals surface area contributed by atoms with Crippen LogP contribution in [0.3, 0.4) is 0 Å². The summed E-state index contributed by atoms with van der Waals surface area (Å²) >= 11 is 0. The van der Waals surface area contributed by atoms with Crippen LogP contribution in [0.2, 0.25) is 0 Å². The number of nitrogens with zero attached hydrogens (tertiary/aromatic N) is 3. The lowest BCUT2D eigenvalue weighted by Crippen LogP contribution is -2.12. The number of aromatic nitrogens is 3. The molecule has 6 aromatic carbocycles. The van der Waals surface area contributed by atoms with Gasteiger partial charge in [0.2, 0.25) is 0 Å². The number of phenolic OH excluding ortho intramolecular Hbond substituents is 1. The second kappa shape index (κ2) is 14.7. The van der Waals surface area contributed by atoms with Crippen molar-refractivity contribution in [2.24, 2.45) is 0 Å². The van der Waals surface area contributed by atoms with Gasteiger partial charge in [0.25, 0.3) is 0 Å².